The lowest BCUT2D eigenvalue weighted by Crippen LogP contribution is -1.77. The van der Waals surface area contributed by atoms with Gasteiger partial charge in [0.05, 0.1) is 10.7 Å². The Morgan fingerprint density at radius 1 is 0.947 bits per heavy atom. The monoisotopic (exact) mass is 294 g/mol. The highest BCUT2D eigenvalue weighted by atomic mass is 35.5. The van der Waals surface area contributed by atoms with Gasteiger partial charge in [0.2, 0.25) is 0 Å². The Kier molecular flexibility index (Phi) is 4.08. The van der Waals surface area contributed by atoms with Crippen molar-refractivity contribution < 1.29 is 5.11 Å². The van der Waals surface area contributed by atoms with E-state index in [1.54, 1.807) is 0 Å². The first-order valence-electron chi connectivity index (χ1n) is 5.64. The zero-order valence-corrected chi connectivity index (χ0v) is 12.0. The molecule has 1 N–H and O–H groups in total. The molecule has 2 rings (SSSR count). The van der Waals surface area contributed by atoms with E-state index >= 15 is 0 Å². The first-order valence-corrected chi connectivity index (χ1v) is 6.40. The minimum Gasteiger partial charge on any atom is -0.504 e. The zero-order valence-electron chi connectivity index (χ0n) is 10.5. The van der Waals surface area contributed by atoms with Crippen molar-refractivity contribution in [3.8, 4) is 5.75 Å². The maximum Gasteiger partial charge on any atom is 0.161 e. The molecule has 0 amide bonds. The summed E-state index contributed by atoms with van der Waals surface area (Å²) in [6, 6.07) is 8.70. The van der Waals surface area contributed by atoms with Crippen LogP contribution in [0.5, 0.6) is 5.75 Å². The van der Waals surface area contributed by atoms with Crippen LogP contribution in [0.1, 0.15) is 11.1 Å². The summed E-state index contributed by atoms with van der Waals surface area (Å²) in [5.74, 6) is -0.126. The molecule has 0 saturated carbocycles. The normalized spacial score (nSPS) is 11.2. The summed E-state index contributed by atoms with van der Waals surface area (Å²) in [5.41, 5.74) is 3.27. The van der Waals surface area contributed by atoms with Crippen LogP contribution in [0.4, 0.5) is 11.4 Å². The van der Waals surface area contributed by atoms with Gasteiger partial charge in [0.25, 0.3) is 0 Å². The zero-order chi connectivity index (χ0) is 14.0. The van der Waals surface area contributed by atoms with Crippen LogP contribution < -0.4 is 0 Å². The molecule has 0 saturated heterocycles. The van der Waals surface area contributed by atoms with Gasteiger partial charge in [0.1, 0.15) is 5.69 Å². The van der Waals surface area contributed by atoms with E-state index in [-0.39, 0.29) is 16.5 Å². The Morgan fingerprint density at radius 3 is 2.37 bits per heavy atom. The average Bonchev–Trinajstić information content (AvgIpc) is 2.36. The van der Waals surface area contributed by atoms with Crippen molar-refractivity contribution in [2.24, 2.45) is 10.2 Å². The molecule has 0 aliphatic carbocycles. The molecule has 0 fully saturated rings. The topological polar surface area (TPSA) is 45.0 Å². The third-order valence-corrected chi connectivity index (χ3v) is 3.28. The summed E-state index contributed by atoms with van der Waals surface area (Å²) >= 11 is 11.7. The lowest BCUT2D eigenvalue weighted by molar-refractivity contribution is 0.476. The van der Waals surface area contributed by atoms with Crippen LogP contribution in [-0.4, -0.2) is 5.11 Å². The predicted octanol–water partition coefficient (Wildman–Crippen LogP) is 5.73. The summed E-state index contributed by atoms with van der Waals surface area (Å²) in [4.78, 5) is 0. The molecule has 19 heavy (non-hydrogen) atoms. The maximum absolute atomic E-state index is 9.75. The number of hydrogen-bond acceptors (Lipinski definition) is 3. The van der Waals surface area contributed by atoms with Crippen molar-refractivity contribution in [2.75, 3.05) is 0 Å². The van der Waals surface area contributed by atoms with Crippen molar-refractivity contribution in [1.29, 1.82) is 0 Å². The van der Waals surface area contributed by atoms with Gasteiger partial charge in [-0.15, -0.1) is 5.11 Å². The van der Waals surface area contributed by atoms with Gasteiger partial charge in [-0.2, -0.15) is 5.11 Å². The molecule has 2 aromatic carbocycles. The molecule has 5 heteroatoms. The van der Waals surface area contributed by atoms with Gasteiger partial charge in [-0.3, -0.25) is 0 Å². The number of rotatable bonds is 2. The van der Waals surface area contributed by atoms with Crippen molar-refractivity contribution >= 4 is 34.6 Å². The first-order chi connectivity index (χ1) is 8.97. The van der Waals surface area contributed by atoms with E-state index in [0.717, 1.165) is 5.56 Å². The van der Waals surface area contributed by atoms with Crippen molar-refractivity contribution in [3.05, 3.63) is 51.5 Å². The molecule has 3 nitrogen and oxygen atoms in total. The molecule has 98 valence electrons. The summed E-state index contributed by atoms with van der Waals surface area (Å²) in [5, 5.41) is 18.4. The highest BCUT2D eigenvalue weighted by molar-refractivity contribution is 6.36. The van der Waals surface area contributed by atoms with Crippen molar-refractivity contribution in [1.82, 2.24) is 0 Å². The van der Waals surface area contributed by atoms with Gasteiger partial charge in [0.15, 0.2) is 5.75 Å². The van der Waals surface area contributed by atoms with Crippen LogP contribution in [0.15, 0.2) is 40.6 Å². The van der Waals surface area contributed by atoms with Gasteiger partial charge >= 0.3 is 0 Å². The summed E-state index contributed by atoms with van der Waals surface area (Å²) in [6.07, 6.45) is 0. The third-order valence-electron chi connectivity index (χ3n) is 2.77. The first kappa shape index (κ1) is 13.8. The number of phenols is 1. The van der Waals surface area contributed by atoms with Gasteiger partial charge in [-0.05, 0) is 49.2 Å². The highest BCUT2D eigenvalue weighted by Crippen LogP contribution is 2.37. The van der Waals surface area contributed by atoms with Crippen LogP contribution >= 0.6 is 23.2 Å². The van der Waals surface area contributed by atoms with Gasteiger partial charge in [-0.1, -0.05) is 29.3 Å². The second-order valence-electron chi connectivity index (χ2n) is 4.22. The highest BCUT2D eigenvalue weighted by Gasteiger charge is 2.07. The largest absolute Gasteiger partial charge is 0.504 e. The van der Waals surface area contributed by atoms with Crippen LogP contribution in [0.2, 0.25) is 10.0 Å². The summed E-state index contributed by atoms with van der Waals surface area (Å²) in [7, 11) is 0. The molecule has 0 unspecified atom stereocenters. The number of phenolic OH excluding ortho intramolecular Hbond substituents is 1. The van der Waals surface area contributed by atoms with E-state index in [1.165, 1.54) is 17.7 Å². The smallest absolute Gasteiger partial charge is 0.161 e. The van der Waals surface area contributed by atoms with Crippen LogP contribution in [0, 0.1) is 13.8 Å². The van der Waals surface area contributed by atoms with E-state index in [1.807, 2.05) is 32.0 Å². The number of aryl methyl sites for hydroxylation is 2. The number of aromatic hydroxyl groups is 1. The third kappa shape index (κ3) is 3.25. The number of azo groups is 1. The van der Waals surface area contributed by atoms with Crippen LogP contribution in [0.25, 0.3) is 0 Å². The SMILES string of the molecule is Cc1ccc(N=Nc2cc(Cl)cc(Cl)c2O)cc1C. The number of benzene rings is 2. The molecule has 0 heterocycles. The standard InChI is InChI=1S/C14H12Cl2N2O/c1-8-3-4-11(5-9(8)2)17-18-13-7-10(15)6-12(16)14(13)19/h3-7,19H,1-2H3. The van der Waals surface area contributed by atoms with Crippen molar-refractivity contribution in [3.63, 3.8) is 0 Å². The molecule has 0 aliphatic rings. The summed E-state index contributed by atoms with van der Waals surface area (Å²) < 4.78 is 0. The van der Waals surface area contributed by atoms with E-state index in [0.29, 0.717) is 10.7 Å². The molecule has 0 atom stereocenters. The van der Waals surface area contributed by atoms with Gasteiger partial charge in [0, 0.05) is 5.02 Å². The average molecular weight is 295 g/mol. The quantitative estimate of drug-likeness (QED) is 0.706. The van der Waals surface area contributed by atoms with E-state index in [2.05, 4.69) is 10.2 Å². The van der Waals surface area contributed by atoms with Gasteiger partial charge < -0.3 is 5.11 Å². The Hall–Kier alpha value is -1.58. The minimum atomic E-state index is -0.126. The second-order valence-corrected chi connectivity index (χ2v) is 5.07. The molecule has 0 aliphatic heterocycles. The van der Waals surface area contributed by atoms with E-state index in [9.17, 15) is 5.11 Å². The molecule has 2 aromatic rings. The van der Waals surface area contributed by atoms with Gasteiger partial charge in [-0.25, -0.2) is 0 Å². The molecule has 0 spiro atoms. The lowest BCUT2D eigenvalue weighted by atomic mass is 10.1. The summed E-state index contributed by atoms with van der Waals surface area (Å²) in [6.45, 7) is 4.03. The maximum atomic E-state index is 9.75. The molecular formula is C14H12Cl2N2O. The Balaban J connectivity index is 2.35. The Labute approximate surface area is 121 Å². The Morgan fingerprint density at radius 2 is 1.68 bits per heavy atom. The fourth-order valence-corrected chi connectivity index (χ4v) is 2.01. The van der Waals surface area contributed by atoms with E-state index in [4.69, 9.17) is 23.2 Å². The predicted molar refractivity (Wildman–Crippen MR) is 78.2 cm³/mol. The molecule has 0 bridgehead atoms. The Bertz CT molecular complexity index is 654. The minimum absolute atomic E-state index is 0.126. The molecular weight excluding hydrogens is 283 g/mol. The fourth-order valence-electron chi connectivity index (χ4n) is 1.53. The molecule has 0 aromatic heterocycles. The number of halogens is 2. The van der Waals surface area contributed by atoms with Crippen molar-refractivity contribution in [2.45, 2.75) is 13.8 Å². The van der Waals surface area contributed by atoms with Crippen LogP contribution in [-0.2, 0) is 0 Å². The van der Waals surface area contributed by atoms with E-state index < -0.39 is 0 Å². The fraction of sp³-hybridized carbons (Fsp3) is 0.143. The molecule has 0 radical (unpaired) electrons. The second kappa shape index (κ2) is 5.59. The number of nitrogens with zero attached hydrogens (tertiary/aromatic N) is 2. The number of hydrogen-bond donors (Lipinski definition) is 1. The lowest BCUT2D eigenvalue weighted by Gasteiger charge is -2.02. The van der Waals surface area contributed by atoms with Crippen LogP contribution in [0.3, 0.4) is 0 Å².